The molecule has 1 aromatic rings. The number of benzene rings is 1. The van der Waals surface area contributed by atoms with Crippen molar-refractivity contribution in [3.63, 3.8) is 0 Å². The van der Waals surface area contributed by atoms with Crippen molar-refractivity contribution < 1.29 is 14.6 Å². The Bertz CT molecular complexity index is 345. The van der Waals surface area contributed by atoms with Gasteiger partial charge in [-0.1, -0.05) is 19.9 Å². The summed E-state index contributed by atoms with van der Waals surface area (Å²) >= 11 is 0. The van der Waals surface area contributed by atoms with Gasteiger partial charge in [0.1, 0.15) is 5.75 Å². The summed E-state index contributed by atoms with van der Waals surface area (Å²) in [5.41, 5.74) is 0.265. The van der Waals surface area contributed by atoms with Crippen LogP contribution in [0.25, 0.3) is 0 Å². The molecular weight excluding hydrogens is 204 g/mol. The first kappa shape index (κ1) is 12.6. The lowest BCUT2D eigenvalue weighted by Gasteiger charge is -2.08. The molecule has 1 rings (SSSR count). The standard InChI is InChI=1S/C13H18O3/c1-10(2)5-4-8-16-12-7-3-6-11(9-12)13(14)15/h3,6-7,9-10H,4-5,8H2,1-2H3,(H,14,15). The predicted octanol–water partition coefficient (Wildman–Crippen LogP) is 3.20. The van der Waals surface area contributed by atoms with Crippen molar-refractivity contribution in [2.24, 2.45) is 5.92 Å². The van der Waals surface area contributed by atoms with E-state index in [2.05, 4.69) is 13.8 Å². The number of carboxylic acid groups (broad SMARTS) is 1. The van der Waals surface area contributed by atoms with Crippen LogP contribution in [-0.2, 0) is 0 Å². The van der Waals surface area contributed by atoms with Gasteiger partial charge < -0.3 is 9.84 Å². The zero-order chi connectivity index (χ0) is 12.0. The number of carboxylic acids is 1. The van der Waals surface area contributed by atoms with Crippen molar-refractivity contribution in [3.05, 3.63) is 29.8 Å². The number of ether oxygens (including phenoxy) is 1. The highest BCUT2D eigenvalue weighted by Crippen LogP contribution is 2.14. The monoisotopic (exact) mass is 222 g/mol. The van der Waals surface area contributed by atoms with Crippen LogP contribution in [0, 0.1) is 5.92 Å². The molecule has 0 atom stereocenters. The zero-order valence-corrected chi connectivity index (χ0v) is 9.77. The van der Waals surface area contributed by atoms with E-state index < -0.39 is 5.97 Å². The Hall–Kier alpha value is -1.51. The highest BCUT2D eigenvalue weighted by molar-refractivity contribution is 5.87. The van der Waals surface area contributed by atoms with Gasteiger partial charge in [0.05, 0.1) is 12.2 Å². The van der Waals surface area contributed by atoms with E-state index in [1.54, 1.807) is 24.3 Å². The topological polar surface area (TPSA) is 46.5 Å². The largest absolute Gasteiger partial charge is 0.494 e. The van der Waals surface area contributed by atoms with Crippen LogP contribution < -0.4 is 4.74 Å². The highest BCUT2D eigenvalue weighted by atomic mass is 16.5. The van der Waals surface area contributed by atoms with E-state index in [1.807, 2.05) is 0 Å². The summed E-state index contributed by atoms with van der Waals surface area (Å²) < 4.78 is 5.48. The summed E-state index contributed by atoms with van der Waals surface area (Å²) in [5, 5.41) is 8.80. The van der Waals surface area contributed by atoms with E-state index in [4.69, 9.17) is 9.84 Å². The Morgan fingerprint density at radius 3 is 2.81 bits per heavy atom. The molecule has 0 radical (unpaired) electrons. The minimum Gasteiger partial charge on any atom is -0.494 e. The van der Waals surface area contributed by atoms with Crippen LogP contribution in [0.15, 0.2) is 24.3 Å². The molecule has 0 saturated heterocycles. The van der Waals surface area contributed by atoms with Crippen LogP contribution in [-0.4, -0.2) is 17.7 Å². The molecule has 0 aliphatic rings. The van der Waals surface area contributed by atoms with E-state index in [1.165, 1.54) is 0 Å². The van der Waals surface area contributed by atoms with Crippen molar-refractivity contribution in [2.75, 3.05) is 6.61 Å². The van der Waals surface area contributed by atoms with Crippen molar-refractivity contribution >= 4 is 5.97 Å². The average Bonchev–Trinajstić information content (AvgIpc) is 2.24. The first-order chi connectivity index (χ1) is 7.59. The van der Waals surface area contributed by atoms with Gasteiger partial charge in [-0.2, -0.15) is 0 Å². The van der Waals surface area contributed by atoms with Crippen molar-refractivity contribution in [1.82, 2.24) is 0 Å². The molecule has 0 aliphatic heterocycles. The second-order valence-corrected chi connectivity index (χ2v) is 4.22. The van der Waals surface area contributed by atoms with Crippen molar-refractivity contribution in [3.8, 4) is 5.75 Å². The summed E-state index contributed by atoms with van der Waals surface area (Å²) in [7, 11) is 0. The molecule has 0 bridgehead atoms. The van der Waals surface area contributed by atoms with Crippen LogP contribution >= 0.6 is 0 Å². The van der Waals surface area contributed by atoms with Gasteiger partial charge in [0.25, 0.3) is 0 Å². The molecule has 1 N–H and O–H groups in total. The van der Waals surface area contributed by atoms with E-state index in [-0.39, 0.29) is 5.56 Å². The van der Waals surface area contributed by atoms with Crippen LogP contribution in [0.2, 0.25) is 0 Å². The second kappa shape index (κ2) is 6.16. The van der Waals surface area contributed by atoms with Crippen LogP contribution in [0.3, 0.4) is 0 Å². The lowest BCUT2D eigenvalue weighted by atomic mass is 10.1. The lowest BCUT2D eigenvalue weighted by Crippen LogP contribution is -2.01. The minimum atomic E-state index is -0.923. The van der Waals surface area contributed by atoms with Crippen LogP contribution in [0.1, 0.15) is 37.0 Å². The molecule has 1 aromatic carbocycles. The maximum atomic E-state index is 10.7. The first-order valence-corrected chi connectivity index (χ1v) is 5.55. The average molecular weight is 222 g/mol. The van der Waals surface area contributed by atoms with Gasteiger partial charge in [-0.15, -0.1) is 0 Å². The van der Waals surface area contributed by atoms with Gasteiger partial charge in [0.2, 0.25) is 0 Å². The number of carbonyl (C=O) groups is 1. The first-order valence-electron chi connectivity index (χ1n) is 5.55. The number of hydrogen-bond donors (Lipinski definition) is 1. The quantitative estimate of drug-likeness (QED) is 0.752. The molecule has 0 amide bonds. The zero-order valence-electron chi connectivity index (χ0n) is 9.77. The SMILES string of the molecule is CC(C)CCCOc1cccc(C(=O)O)c1. The van der Waals surface area contributed by atoms with Crippen molar-refractivity contribution in [1.29, 1.82) is 0 Å². The second-order valence-electron chi connectivity index (χ2n) is 4.22. The molecule has 16 heavy (non-hydrogen) atoms. The Morgan fingerprint density at radius 2 is 2.19 bits per heavy atom. The smallest absolute Gasteiger partial charge is 0.335 e. The molecular formula is C13H18O3. The Morgan fingerprint density at radius 1 is 1.44 bits per heavy atom. The maximum absolute atomic E-state index is 10.7. The summed E-state index contributed by atoms with van der Waals surface area (Å²) in [4.78, 5) is 10.7. The van der Waals surface area contributed by atoms with E-state index >= 15 is 0 Å². The fraction of sp³-hybridized carbons (Fsp3) is 0.462. The highest BCUT2D eigenvalue weighted by Gasteiger charge is 2.03. The fourth-order valence-corrected chi connectivity index (χ4v) is 1.40. The van der Waals surface area contributed by atoms with E-state index in [9.17, 15) is 4.79 Å². The third-order valence-corrected chi connectivity index (χ3v) is 2.28. The molecule has 0 unspecified atom stereocenters. The van der Waals surface area contributed by atoms with Gasteiger partial charge in [-0.25, -0.2) is 4.79 Å². The van der Waals surface area contributed by atoms with Gasteiger partial charge >= 0.3 is 5.97 Å². The number of hydrogen-bond acceptors (Lipinski definition) is 2. The number of aromatic carboxylic acids is 1. The predicted molar refractivity (Wildman–Crippen MR) is 63.0 cm³/mol. The summed E-state index contributed by atoms with van der Waals surface area (Å²) in [6.07, 6.45) is 2.12. The van der Waals surface area contributed by atoms with Crippen LogP contribution in [0.4, 0.5) is 0 Å². The minimum absolute atomic E-state index is 0.265. The van der Waals surface area contributed by atoms with Gasteiger partial charge in [0.15, 0.2) is 0 Å². The molecule has 88 valence electrons. The molecule has 0 spiro atoms. The lowest BCUT2D eigenvalue weighted by molar-refractivity contribution is 0.0696. The third-order valence-electron chi connectivity index (χ3n) is 2.28. The number of rotatable bonds is 6. The van der Waals surface area contributed by atoms with Gasteiger partial charge in [-0.05, 0) is 37.0 Å². The van der Waals surface area contributed by atoms with E-state index in [0.717, 1.165) is 12.8 Å². The molecule has 3 nitrogen and oxygen atoms in total. The Balaban J connectivity index is 2.42. The van der Waals surface area contributed by atoms with Crippen molar-refractivity contribution in [2.45, 2.75) is 26.7 Å². The third kappa shape index (κ3) is 4.34. The fourth-order valence-electron chi connectivity index (χ4n) is 1.40. The van der Waals surface area contributed by atoms with Gasteiger partial charge in [0, 0.05) is 0 Å². The summed E-state index contributed by atoms with van der Waals surface area (Å²) in [6, 6.07) is 6.59. The Kier molecular flexibility index (Phi) is 4.83. The normalized spacial score (nSPS) is 10.4. The molecule has 0 aromatic heterocycles. The van der Waals surface area contributed by atoms with E-state index in [0.29, 0.717) is 18.3 Å². The molecule has 3 heteroatoms. The maximum Gasteiger partial charge on any atom is 0.335 e. The molecule has 0 heterocycles. The Labute approximate surface area is 96.1 Å². The van der Waals surface area contributed by atoms with Gasteiger partial charge in [-0.3, -0.25) is 0 Å². The molecule has 0 fully saturated rings. The summed E-state index contributed by atoms with van der Waals surface area (Å²) in [5.74, 6) is 0.380. The molecule has 0 saturated carbocycles. The van der Waals surface area contributed by atoms with Crippen LogP contribution in [0.5, 0.6) is 5.75 Å². The molecule has 0 aliphatic carbocycles. The summed E-state index contributed by atoms with van der Waals surface area (Å²) in [6.45, 7) is 4.98.